The maximum Gasteiger partial charge on any atom is 0.123 e. The molecule has 106 valence electrons. The molecule has 0 spiro atoms. The van der Waals surface area contributed by atoms with Crippen LogP contribution in [0.1, 0.15) is 44.2 Å². The zero-order chi connectivity index (χ0) is 13.9. The summed E-state index contributed by atoms with van der Waals surface area (Å²) in [6, 6.07) is 6.38. The number of halogens is 1. The summed E-state index contributed by atoms with van der Waals surface area (Å²) in [7, 11) is 1.74. The molecule has 2 rings (SSSR count). The van der Waals surface area contributed by atoms with Crippen molar-refractivity contribution in [3.8, 4) is 0 Å². The predicted octanol–water partition coefficient (Wildman–Crippen LogP) is 2.93. The van der Waals surface area contributed by atoms with Crippen LogP contribution in [0.15, 0.2) is 24.3 Å². The molecule has 1 fully saturated rings. The summed E-state index contributed by atoms with van der Waals surface area (Å²) >= 11 is 0. The van der Waals surface area contributed by atoms with Gasteiger partial charge in [0.15, 0.2) is 0 Å². The molecule has 3 nitrogen and oxygen atoms in total. The Labute approximate surface area is 114 Å². The lowest BCUT2D eigenvalue weighted by molar-refractivity contribution is -0.0806. The van der Waals surface area contributed by atoms with Crippen LogP contribution < -0.4 is 11.3 Å². The molecule has 1 aromatic carbocycles. The second kappa shape index (κ2) is 5.99. The zero-order valence-electron chi connectivity index (χ0n) is 11.7. The van der Waals surface area contributed by atoms with Crippen molar-refractivity contribution in [2.75, 3.05) is 7.11 Å². The minimum atomic E-state index is -0.301. The highest BCUT2D eigenvalue weighted by molar-refractivity contribution is 5.23. The van der Waals surface area contributed by atoms with Crippen molar-refractivity contribution in [3.05, 3.63) is 35.6 Å². The van der Waals surface area contributed by atoms with E-state index in [1.165, 1.54) is 18.6 Å². The monoisotopic (exact) mass is 266 g/mol. The van der Waals surface area contributed by atoms with Crippen molar-refractivity contribution in [1.29, 1.82) is 0 Å². The third kappa shape index (κ3) is 2.96. The molecule has 0 aliphatic heterocycles. The first-order valence-corrected chi connectivity index (χ1v) is 6.88. The second-order valence-corrected chi connectivity index (χ2v) is 5.62. The van der Waals surface area contributed by atoms with Crippen molar-refractivity contribution in [2.24, 2.45) is 11.8 Å². The molecule has 3 atom stereocenters. The van der Waals surface area contributed by atoms with Gasteiger partial charge in [0.25, 0.3) is 0 Å². The smallest absolute Gasteiger partial charge is 0.123 e. The topological polar surface area (TPSA) is 47.3 Å². The van der Waals surface area contributed by atoms with Gasteiger partial charge in [0.05, 0.1) is 11.6 Å². The Morgan fingerprint density at radius 1 is 1.42 bits per heavy atom. The largest absolute Gasteiger partial charge is 0.376 e. The van der Waals surface area contributed by atoms with E-state index in [4.69, 9.17) is 10.6 Å². The van der Waals surface area contributed by atoms with Gasteiger partial charge in [-0.3, -0.25) is 11.3 Å². The van der Waals surface area contributed by atoms with E-state index in [2.05, 4.69) is 12.3 Å². The first kappa shape index (κ1) is 14.4. The van der Waals surface area contributed by atoms with Crippen LogP contribution in [-0.2, 0) is 4.74 Å². The lowest BCUT2D eigenvalue weighted by Crippen LogP contribution is -2.50. The van der Waals surface area contributed by atoms with Crippen molar-refractivity contribution < 1.29 is 9.13 Å². The van der Waals surface area contributed by atoms with Gasteiger partial charge in [-0.05, 0) is 36.5 Å². The molecule has 0 aromatic heterocycles. The summed E-state index contributed by atoms with van der Waals surface area (Å²) in [5.74, 6) is 6.14. The highest BCUT2D eigenvalue weighted by Gasteiger charge is 2.42. The van der Waals surface area contributed by atoms with Crippen molar-refractivity contribution in [2.45, 2.75) is 44.2 Å². The third-order valence-electron chi connectivity index (χ3n) is 4.29. The average Bonchev–Trinajstić information content (AvgIpc) is 2.42. The Hall–Kier alpha value is -0.970. The number of rotatable bonds is 4. The van der Waals surface area contributed by atoms with Crippen molar-refractivity contribution in [1.82, 2.24) is 5.43 Å². The first-order valence-electron chi connectivity index (χ1n) is 6.88. The fraction of sp³-hybridized carbons (Fsp3) is 0.600. The van der Waals surface area contributed by atoms with Crippen LogP contribution in [0, 0.1) is 11.7 Å². The molecule has 1 aliphatic carbocycles. The molecule has 0 heterocycles. The fourth-order valence-corrected chi connectivity index (χ4v) is 3.32. The van der Waals surface area contributed by atoms with E-state index >= 15 is 0 Å². The van der Waals surface area contributed by atoms with E-state index in [1.54, 1.807) is 19.2 Å². The molecule has 19 heavy (non-hydrogen) atoms. The average molecular weight is 266 g/mol. The summed E-state index contributed by atoms with van der Waals surface area (Å²) in [5, 5.41) is 0. The first-order chi connectivity index (χ1) is 9.11. The maximum atomic E-state index is 13.1. The molecule has 0 amide bonds. The molecule has 0 saturated heterocycles. The molecule has 0 radical (unpaired) electrons. The van der Waals surface area contributed by atoms with E-state index in [9.17, 15) is 4.39 Å². The van der Waals surface area contributed by atoms with Gasteiger partial charge >= 0.3 is 0 Å². The molecule has 1 saturated carbocycles. The van der Waals surface area contributed by atoms with Gasteiger partial charge in [0.2, 0.25) is 0 Å². The molecule has 1 aromatic rings. The van der Waals surface area contributed by atoms with Gasteiger partial charge in [-0.25, -0.2) is 4.39 Å². The maximum absolute atomic E-state index is 13.1. The molecular formula is C15H23FN2O. The fourth-order valence-electron chi connectivity index (χ4n) is 3.32. The Balaban J connectivity index is 2.30. The second-order valence-electron chi connectivity index (χ2n) is 5.62. The van der Waals surface area contributed by atoms with Crippen LogP contribution in [0.5, 0.6) is 0 Å². The van der Waals surface area contributed by atoms with Gasteiger partial charge in [-0.2, -0.15) is 0 Å². The van der Waals surface area contributed by atoms with Crippen molar-refractivity contribution in [3.63, 3.8) is 0 Å². The lowest BCUT2D eigenvalue weighted by Gasteiger charge is -2.44. The summed E-state index contributed by atoms with van der Waals surface area (Å²) < 4.78 is 18.9. The zero-order valence-corrected chi connectivity index (χ0v) is 11.7. The van der Waals surface area contributed by atoms with Crippen LogP contribution in [0.4, 0.5) is 4.39 Å². The van der Waals surface area contributed by atoms with Crippen LogP contribution in [0.25, 0.3) is 0 Å². The van der Waals surface area contributed by atoms with Crippen LogP contribution >= 0.6 is 0 Å². The number of methoxy groups -OCH3 is 1. The number of hydrogen-bond donors (Lipinski definition) is 2. The van der Waals surface area contributed by atoms with Gasteiger partial charge in [-0.1, -0.05) is 31.9 Å². The van der Waals surface area contributed by atoms with Gasteiger partial charge in [0, 0.05) is 7.11 Å². The molecule has 3 unspecified atom stereocenters. The number of benzene rings is 1. The van der Waals surface area contributed by atoms with Crippen LogP contribution in [-0.4, -0.2) is 12.7 Å². The Morgan fingerprint density at radius 2 is 2.11 bits per heavy atom. The van der Waals surface area contributed by atoms with Gasteiger partial charge < -0.3 is 4.74 Å². The van der Waals surface area contributed by atoms with E-state index in [0.29, 0.717) is 5.92 Å². The summed E-state index contributed by atoms with van der Waals surface area (Å²) in [4.78, 5) is 0. The SMILES string of the molecule is COC1(C(NN)c2ccc(F)cc2)CCCC(C)C1. The third-order valence-corrected chi connectivity index (χ3v) is 4.29. The van der Waals surface area contributed by atoms with Crippen molar-refractivity contribution >= 4 is 0 Å². The number of nitrogens with two attached hydrogens (primary N) is 1. The predicted molar refractivity (Wildman–Crippen MR) is 73.8 cm³/mol. The summed E-state index contributed by atoms with van der Waals surface area (Å²) in [6.45, 7) is 2.24. The summed E-state index contributed by atoms with van der Waals surface area (Å²) in [6.07, 6.45) is 4.30. The molecule has 4 heteroatoms. The number of ether oxygens (including phenoxy) is 1. The Morgan fingerprint density at radius 3 is 2.63 bits per heavy atom. The highest BCUT2D eigenvalue weighted by atomic mass is 19.1. The van der Waals surface area contributed by atoms with E-state index < -0.39 is 0 Å². The lowest BCUT2D eigenvalue weighted by atomic mass is 9.73. The van der Waals surface area contributed by atoms with Gasteiger partial charge in [0.1, 0.15) is 5.82 Å². The molecular weight excluding hydrogens is 243 g/mol. The standard InChI is InChI=1S/C15H23FN2O/c1-11-4-3-9-15(10-11,19-2)14(18-17)12-5-7-13(16)8-6-12/h5-8,11,14,18H,3-4,9-10,17H2,1-2H3. The van der Waals surface area contributed by atoms with E-state index in [-0.39, 0.29) is 17.5 Å². The van der Waals surface area contributed by atoms with E-state index in [1.807, 2.05) is 0 Å². The Kier molecular flexibility index (Phi) is 4.55. The number of nitrogens with one attached hydrogen (secondary N) is 1. The summed E-state index contributed by atoms with van der Waals surface area (Å²) in [5.41, 5.74) is 3.54. The van der Waals surface area contributed by atoms with Gasteiger partial charge in [-0.15, -0.1) is 0 Å². The Bertz CT molecular complexity index is 409. The minimum absolute atomic E-state index is 0.110. The quantitative estimate of drug-likeness (QED) is 0.650. The highest BCUT2D eigenvalue weighted by Crippen LogP contribution is 2.42. The number of hydrogen-bond acceptors (Lipinski definition) is 3. The molecule has 1 aliphatic rings. The normalized spacial score (nSPS) is 29.2. The van der Waals surface area contributed by atoms with E-state index in [0.717, 1.165) is 24.8 Å². The van der Waals surface area contributed by atoms with Crippen LogP contribution in [0.3, 0.4) is 0 Å². The molecule has 0 bridgehead atoms. The number of hydrazine groups is 1. The van der Waals surface area contributed by atoms with Crippen LogP contribution in [0.2, 0.25) is 0 Å². The molecule has 3 N–H and O–H groups in total. The minimum Gasteiger partial charge on any atom is -0.376 e.